The van der Waals surface area contributed by atoms with Gasteiger partial charge < -0.3 is 5.32 Å². The average molecular weight is 353 g/mol. The number of hydrogen-bond acceptors (Lipinski definition) is 4. The second-order valence-corrected chi connectivity index (χ2v) is 6.70. The van der Waals surface area contributed by atoms with Crippen molar-refractivity contribution in [1.29, 1.82) is 0 Å². The normalized spacial score (nSPS) is 16.5. The van der Waals surface area contributed by atoms with Crippen molar-refractivity contribution >= 4 is 46.5 Å². The van der Waals surface area contributed by atoms with Crippen molar-refractivity contribution in [2.75, 3.05) is 13.1 Å². The molecule has 122 valence electrons. The second kappa shape index (κ2) is 7.66. The molecule has 0 saturated carbocycles. The Kier molecular flexibility index (Phi) is 5.85. The molecule has 1 aromatic carbocycles. The maximum absolute atomic E-state index is 12.3. The van der Waals surface area contributed by atoms with Crippen molar-refractivity contribution in [1.82, 2.24) is 10.2 Å². The van der Waals surface area contributed by atoms with Gasteiger partial charge in [0.25, 0.3) is 11.1 Å². The van der Waals surface area contributed by atoms with Gasteiger partial charge in [0.15, 0.2) is 0 Å². The molecule has 0 aliphatic carbocycles. The summed E-state index contributed by atoms with van der Waals surface area (Å²) in [5.74, 6) is -0.604. The number of hydrogen-bond donors (Lipinski definition) is 1. The molecule has 0 unspecified atom stereocenters. The zero-order valence-electron chi connectivity index (χ0n) is 12.8. The van der Waals surface area contributed by atoms with E-state index in [-0.39, 0.29) is 36.1 Å². The molecule has 0 bridgehead atoms. The van der Waals surface area contributed by atoms with Gasteiger partial charge in [-0.25, -0.2) is 0 Å². The van der Waals surface area contributed by atoms with Crippen LogP contribution in [0.4, 0.5) is 4.79 Å². The number of carbonyl (C=O) groups is 3. The summed E-state index contributed by atoms with van der Waals surface area (Å²) in [7, 11) is 0. The number of amides is 3. The highest BCUT2D eigenvalue weighted by atomic mass is 35.5. The molecule has 0 spiro atoms. The Balaban J connectivity index is 2.03. The van der Waals surface area contributed by atoms with Crippen LogP contribution in [0.5, 0.6) is 0 Å². The van der Waals surface area contributed by atoms with E-state index in [9.17, 15) is 14.4 Å². The monoisotopic (exact) mass is 352 g/mol. The molecule has 1 fully saturated rings. The van der Waals surface area contributed by atoms with E-state index in [0.717, 1.165) is 16.7 Å². The van der Waals surface area contributed by atoms with Crippen LogP contribution in [0.25, 0.3) is 6.08 Å². The summed E-state index contributed by atoms with van der Waals surface area (Å²) in [6.45, 7) is 3.96. The lowest BCUT2D eigenvalue weighted by molar-refractivity contribution is -0.125. The third kappa shape index (κ3) is 4.36. The van der Waals surface area contributed by atoms with E-state index in [2.05, 4.69) is 5.32 Å². The van der Waals surface area contributed by atoms with Gasteiger partial charge in [-0.15, -0.1) is 0 Å². The maximum Gasteiger partial charge on any atom is 0.293 e. The lowest BCUT2D eigenvalue weighted by atomic mass is 10.2. The van der Waals surface area contributed by atoms with Gasteiger partial charge in [0.1, 0.15) is 0 Å². The minimum absolute atomic E-state index is 0.108. The molecule has 1 N–H and O–H groups in total. The number of nitrogens with zero attached hydrogens (tertiary/aromatic N) is 1. The summed E-state index contributed by atoms with van der Waals surface area (Å²) in [4.78, 5) is 37.2. The Morgan fingerprint density at radius 1 is 1.35 bits per heavy atom. The maximum atomic E-state index is 12.3. The van der Waals surface area contributed by atoms with E-state index in [1.165, 1.54) is 0 Å². The van der Waals surface area contributed by atoms with E-state index in [1.807, 2.05) is 6.07 Å². The fourth-order valence-corrected chi connectivity index (χ4v) is 2.97. The van der Waals surface area contributed by atoms with Crippen LogP contribution < -0.4 is 5.32 Å². The number of carbonyl (C=O) groups excluding carboxylic acids is 3. The number of halogens is 1. The molecule has 23 heavy (non-hydrogen) atoms. The van der Waals surface area contributed by atoms with Crippen LogP contribution in [0, 0.1) is 5.92 Å². The predicted molar refractivity (Wildman–Crippen MR) is 92.0 cm³/mol. The number of nitrogens with one attached hydrogen (secondary N) is 1. The van der Waals surface area contributed by atoms with Gasteiger partial charge in [0, 0.05) is 24.0 Å². The minimum atomic E-state index is -0.362. The number of imide groups is 1. The molecule has 0 atom stereocenters. The van der Waals surface area contributed by atoms with Crippen molar-refractivity contribution in [2.45, 2.75) is 13.8 Å². The second-order valence-electron chi connectivity index (χ2n) is 5.30. The van der Waals surface area contributed by atoms with E-state index in [4.69, 9.17) is 11.6 Å². The molecule has 2 rings (SSSR count). The smallest absolute Gasteiger partial charge is 0.293 e. The first kappa shape index (κ1) is 17.6. The summed E-state index contributed by atoms with van der Waals surface area (Å²) in [6, 6.07) is 7.10. The summed E-state index contributed by atoms with van der Waals surface area (Å²) in [5.41, 5.74) is 0.688. The Morgan fingerprint density at radius 2 is 2.04 bits per heavy atom. The molecular weight excluding hydrogens is 336 g/mol. The fraction of sp³-hybridized carbons (Fsp3) is 0.312. The van der Waals surface area contributed by atoms with Crippen LogP contribution in [0.2, 0.25) is 5.02 Å². The molecule has 1 aliphatic heterocycles. The SMILES string of the molecule is CC(C)C(=O)NCCN1C(=O)S/C(=C\c2ccccc2Cl)C1=O. The van der Waals surface area contributed by atoms with Crippen LogP contribution in [0.1, 0.15) is 19.4 Å². The van der Waals surface area contributed by atoms with Gasteiger partial charge in [0.05, 0.1) is 4.91 Å². The van der Waals surface area contributed by atoms with Crippen molar-refractivity contribution in [3.05, 3.63) is 39.8 Å². The molecule has 3 amide bonds. The van der Waals surface area contributed by atoms with Gasteiger partial charge in [0.2, 0.25) is 5.91 Å². The molecule has 7 heteroatoms. The van der Waals surface area contributed by atoms with Crippen molar-refractivity contribution in [2.24, 2.45) is 5.92 Å². The Bertz CT molecular complexity index is 673. The van der Waals surface area contributed by atoms with Gasteiger partial charge in [-0.1, -0.05) is 43.6 Å². The molecule has 5 nitrogen and oxygen atoms in total. The highest BCUT2D eigenvalue weighted by molar-refractivity contribution is 8.18. The molecule has 0 aromatic heterocycles. The molecule has 1 saturated heterocycles. The third-order valence-electron chi connectivity index (χ3n) is 3.22. The van der Waals surface area contributed by atoms with E-state index in [1.54, 1.807) is 38.1 Å². The highest BCUT2D eigenvalue weighted by Crippen LogP contribution is 2.33. The van der Waals surface area contributed by atoms with Crippen LogP contribution in [-0.4, -0.2) is 35.0 Å². The highest BCUT2D eigenvalue weighted by Gasteiger charge is 2.34. The third-order valence-corrected chi connectivity index (χ3v) is 4.48. The summed E-state index contributed by atoms with van der Waals surface area (Å²) >= 11 is 6.94. The van der Waals surface area contributed by atoms with Gasteiger partial charge >= 0.3 is 0 Å². The van der Waals surface area contributed by atoms with Gasteiger partial charge in [-0.3, -0.25) is 19.3 Å². The van der Waals surface area contributed by atoms with Crippen molar-refractivity contribution in [3.8, 4) is 0 Å². The quantitative estimate of drug-likeness (QED) is 0.827. The van der Waals surface area contributed by atoms with Gasteiger partial charge in [-0.05, 0) is 29.5 Å². The predicted octanol–water partition coefficient (Wildman–Crippen LogP) is 3.15. The molecule has 1 aliphatic rings. The summed E-state index contributed by atoms with van der Waals surface area (Å²) in [5, 5.41) is 2.87. The van der Waals surface area contributed by atoms with E-state index < -0.39 is 0 Å². The molecule has 1 heterocycles. The van der Waals surface area contributed by atoms with Crippen LogP contribution in [0.15, 0.2) is 29.2 Å². The summed E-state index contributed by atoms with van der Waals surface area (Å²) in [6.07, 6.45) is 1.61. The molecule has 0 radical (unpaired) electrons. The first-order valence-electron chi connectivity index (χ1n) is 7.17. The van der Waals surface area contributed by atoms with Crippen LogP contribution in [-0.2, 0) is 9.59 Å². The number of thioether (sulfide) groups is 1. The lowest BCUT2D eigenvalue weighted by Gasteiger charge is -2.13. The van der Waals surface area contributed by atoms with E-state index >= 15 is 0 Å². The fourth-order valence-electron chi connectivity index (χ4n) is 1.92. The van der Waals surface area contributed by atoms with E-state index in [0.29, 0.717) is 15.5 Å². The topological polar surface area (TPSA) is 66.5 Å². The molecular formula is C16H17ClN2O3S. The lowest BCUT2D eigenvalue weighted by Crippen LogP contribution is -2.38. The average Bonchev–Trinajstić information content (AvgIpc) is 2.76. The summed E-state index contributed by atoms with van der Waals surface area (Å²) < 4.78 is 0. The first-order valence-corrected chi connectivity index (χ1v) is 8.37. The first-order chi connectivity index (χ1) is 10.9. The zero-order valence-corrected chi connectivity index (χ0v) is 14.4. The minimum Gasteiger partial charge on any atom is -0.354 e. The molecule has 1 aromatic rings. The van der Waals surface area contributed by atoms with Crippen LogP contribution >= 0.6 is 23.4 Å². The largest absolute Gasteiger partial charge is 0.354 e. The van der Waals surface area contributed by atoms with Gasteiger partial charge in [-0.2, -0.15) is 0 Å². The number of benzene rings is 1. The standard InChI is InChI=1S/C16H17ClN2O3S/c1-10(2)14(20)18-7-8-19-15(21)13(23-16(19)22)9-11-5-3-4-6-12(11)17/h3-6,9-10H,7-8H2,1-2H3,(H,18,20)/b13-9-. The van der Waals surface area contributed by atoms with Crippen molar-refractivity contribution in [3.63, 3.8) is 0 Å². The zero-order chi connectivity index (χ0) is 17.0. The Labute approximate surface area is 144 Å². The number of rotatable bonds is 5. The van der Waals surface area contributed by atoms with Crippen LogP contribution in [0.3, 0.4) is 0 Å². The Morgan fingerprint density at radius 3 is 2.70 bits per heavy atom. The Hall–Kier alpha value is -1.79. The van der Waals surface area contributed by atoms with Crippen molar-refractivity contribution < 1.29 is 14.4 Å².